The molecule has 1 aliphatic heterocycles. The van der Waals surface area contributed by atoms with Crippen LogP contribution in [0.5, 0.6) is 5.75 Å². The fourth-order valence-corrected chi connectivity index (χ4v) is 3.50. The molecule has 0 bridgehead atoms. The Morgan fingerprint density at radius 2 is 2.11 bits per heavy atom. The molecule has 1 N–H and O–H groups in total. The second-order valence-electron chi connectivity index (χ2n) is 7.18. The Hall–Kier alpha value is -2.60. The zero-order valence-electron chi connectivity index (χ0n) is 16.8. The van der Waals surface area contributed by atoms with E-state index in [0.29, 0.717) is 11.5 Å². The van der Waals surface area contributed by atoms with Gasteiger partial charge in [0, 0.05) is 31.4 Å². The molecule has 150 valence electrons. The number of amides is 1. The largest absolute Gasteiger partial charge is 0.496 e. The van der Waals surface area contributed by atoms with Crippen LogP contribution in [0.15, 0.2) is 42.7 Å². The van der Waals surface area contributed by atoms with Crippen LogP contribution in [0.2, 0.25) is 0 Å². The first-order valence-electron chi connectivity index (χ1n) is 10.0. The Morgan fingerprint density at radius 3 is 2.82 bits per heavy atom. The summed E-state index contributed by atoms with van der Waals surface area (Å²) < 4.78 is 7.15. The number of carbonyl (C=O) groups is 1. The average Bonchev–Trinajstić information content (AvgIpc) is 3.23. The number of hydrogen-bond acceptors (Lipinski definition) is 4. The maximum absolute atomic E-state index is 12.2. The summed E-state index contributed by atoms with van der Waals surface area (Å²) in [6.45, 7) is 6.58. The molecule has 2 heterocycles. The molecule has 6 heteroatoms. The third-order valence-corrected chi connectivity index (χ3v) is 5.28. The van der Waals surface area contributed by atoms with Crippen molar-refractivity contribution in [3.63, 3.8) is 0 Å². The maximum atomic E-state index is 12.2. The first kappa shape index (κ1) is 20.1. The summed E-state index contributed by atoms with van der Waals surface area (Å²) in [7, 11) is 1.70. The zero-order chi connectivity index (χ0) is 19.8. The monoisotopic (exact) mass is 382 g/mol. The third kappa shape index (κ3) is 5.45. The summed E-state index contributed by atoms with van der Waals surface area (Å²) in [5.41, 5.74) is 1.75. The topological polar surface area (TPSA) is 59.4 Å². The lowest BCUT2D eigenvalue weighted by Crippen LogP contribution is -2.38. The zero-order valence-corrected chi connectivity index (χ0v) is 16.8. The van der Waals surface area contributed by atoms with Gasteiger partial charge >= 0.3 is 0 Å². The maximum Gasteiger partial charge on any atom is 0.254 e. The van der Waals surface area contributed by atoms with Crippen molar-refractivity contribution in [2.45, 2.75) is 26.3 Å². The molecular formula is C22H30N4O2. The van der Waals surface area contributed by atoms with Crippen molar-refractivity contribution in [1.29, 1.82) is 0 Å². The van der Waals surface area contributed by atoms with E-state index >= 15 is 0 Å². The lowest BCUT2D eigenvalue weighted by molar-refractivity contribution is 0.0937. The van der Waals surface area contributed by atoms with E-state index in [9.17, 15) is 4.79 Å². The van der Waals surface area contributed by atoms with E-state index < -0.39 is 0 Å². The summed E-state index contributed by atoms with van der Waals surface area (Å²) in [6.07, 6.45) is 9.97. The molecule has 1 aliphatic rings. The van der Waals surface area contributed by atoms with Gasteiger partial charge in [0.2, 0.25) is 0 Å². The third-order valence-electron chi connectivity index (χ3n) is 5.28. The summed E-state index contributed by atoms with van der Waals surface area (Å²) in [6, 6.07) is 8.05. The van der Waals surface area contributed by atoms with Crippen LogP contribution in [0, 0.1) is 5.92 Å². The van der Waals surface area contributed by atoms with Crippen molar-refractivity contribution in [3.05, 3.63) is 53.9 Å². The van der Waals surface area contributed by atoms with Crippen LogP contribution >= 0.6 is 0 Å². The van der Waals surface area contributed by atoms with Crippen LogP contribution in [-0.2, 0) is 6.54 Å². The Morgan fingerprint density at radius 1 is 1.32 bits per heavy atom. The molecule has 6 nitrogen and oxygen atoms in total. The van der Waals surface area contributed by atoms with Crippen molar-refractivity contribution in [2.24, 2.45) is 5.92 Å². The van der Waals surface area contributed by atoms with Crippen LogP contribution in [0.25, 0.3) is 6.08 Å². The van der Waals surface area contributed by atoms with E-state index in [-0.39, 0.29) is 5.91 Å². The van der Waals surface area contributed by atoms with Gasteiger partial charge in [-0.05, 0) is 44.8 Å². The number of methoxy groups -OCH3 is 1. The van der Waals surface area contributed by atoms with Crippen LogP contribution in [0.3, 0.4) is 0 Å². The molecule has 0 atom stereocenters. The number of hydrogen-bond donors (Lipinski definition) is 1. The predicted octanol–water partition coefficient (Wildman–Crippen LogP) is 3.07. The van der Waals surface area contributed by atoms with E-state index in [1.54, 1.807) is 24.2 Å². The second kappa shape index (κ2) is 10.1. The Kier molecular flexibility index (Phi) is 7.25. The number of nitrogens with zero attached hydrogens (tertiary/aromatic N) is 3. The standard InChI is InChI=1S/C22H30N4O2/c1-3-26-17-20(16-24-26)22(27)23-15-18-10-13-25(14-11-18)12-6-8-19-7-4-5-9-21(19)28-2/h4-9,16-18H,3,10-15H2,1-2H3,(H,23,27). The molecule has 0 saturated carbocycles. The van der Waals surface area contributed by atoms with Gasteiger partial charge < -0.3 is 10.1 Å². The van der Waals surface area contributed by atoms with E-state index in [1.165, 1.54) is 0 Å². The number of carbonyl (C=O) groups excluding carboxylic acids is 1. The van der Waals surface area contributed by atoms with Crippen molar-refractivity contribution in [2.75, 3.05) is 33.3 Å². The van der Waals surface area contributed by atoms with Gasteiger partial charge in [0.15, 0.2) is 0 Å². The van der Waals surface area contributed by atoms with Gasteiger partial charge in [0.05, 0.1) is 18.9 Å². The molecule has 0 radical (unpaired) electrons. The Bertz CT molecular complexity index is 791. The molecule has 0 unspecified atom stereocenters. The molecule has 1 amide bonds. The Labute approximate surface area is 167 Å². The SMILES string of the molecule is CCn1cc(C(=O)NCC2CCN(CC=Cc3ccccc3OC)CC2)cn1. The lowest BCUT2D eigenvalue weighted by Gasteiger charge is -2.31. The summed E-state index contributed by atoms with van der Waals surface area (Å²) in [4.78, 5) is 14.7. The second-order valence-corrected chi connectivity index (χ2v) is 7.18. The number of piperidine rings is 1. The van der Waals surface area contributed by atoms with Crippen LogP contribution in [0.1, 0.15) is 35.7 Å². The van der Waals surface area contributed by atoms with Crippen molar-refractivity contribution < 1.29 is 9.53 Å². The lowest BCUT2D eigenvalue weighted by atomic mass is 9.96. The molecule has 1 saturated heterocycles. The number of aryl methyl sites for hydroxylation is 1. The van der Waals surface area contributed by atoms with Crippen LogP contribution in [-0.4, -0.2) is 53.9 Å². The molecule has 0 aliphatic carbocycles. The number of para-hydroxylation sites is 1. The first-order valence-corrected chi connectivity index (χ1v) is 10.0. The van der Waals surface area contributed by atoms with Crippen molar-refractivity contribution in [1.82, 2.24) is 20.0 Å². The molecular weight excluding hydrogens is 352 g/mol. The van der Waals surface area contributed by atoms with Crippen LogP contribution < -0.4 is 10.1 Å². The van der Waals surface area contributed by atoms with Gasteiger partial charge in [-0.15, -0.1) is 0 Å². The first-order chi connectivity index (χ1) is 13.7. The molecule has 2 aromatic rings. The molecule has 3 rings (SSSR count). The molecule has 0 spiro atoms. The predicted molar refractivity (Wildman–Crippen MR) is 111 cm³/mol. The highest BCUT2D eigenvalue weighted by atomic mass is 16.5. The highest BCUT2D eigenvalue weighted by Gasteiger charge is 2.19. The highest BCUT2D eigenvalue weighted by molar-refractivity contribution is 5.93. The minimum Gasteiger partial charge on any atom is -0.496 e. The van der Waals surface area contributed by atoms with Gasteiger partial charge in [-0.2, -0.15) is 5.10 Å². The average molecular weight is 383 g/mol. The number of ether oxygens (including phenoxy) is 1. The minimum atomic E-state index is -0.0260. The molecule has 1 fully saturated rings. The number of aromatic nitrogens is 2. The number of benzene rings is 1. The van der Waals surface area contributed by atoms with E-state index in [2.05, 4.69) is 33.5 Å². The Balaban J connectivity index is 1.38. The molecule has 28 heavy (non-hydrogen) atoms. The molecule has 1 aromatic carbocycles. The van der Waals surface area contributed by atoms with Gasteiger partial charge in [-0.1, -0.05) is 30.4 Å². The van der Waals surface area contributed by atoms with Gasteiger partial charge in [-0.3, -0.25) is 14.4 Å². The quantitative estimate of drug-likeness (QED) is 0.762. The van der Waals surface area contributed by atoms with Gasteiger partial charge in [0.1, 0.15) is 5.75 Å². The minimum absolute atomic E-state index is 0.0260. The van der Waals surface area contributed by atoms with Gasteiger partial charge in [0.25, 0.3) is 5.91 Å². The fourth-order valence-electron chi connectivity index (χ4n) is 3.50. The summed E-state index contributed by atoms with van der Waals surface area (Å²) >= 11 is 0. The fraction of sp³-hybridized carbons (Fsp3) is 0.455. The number of nitrogens with one attached hydrogen (secondary N) is 1. The van der Waals surface area contributed by atoms with Crippen LogP contribution in [0.4, 0.5) is 0 Å². The highest BCUT2D eigenvalue weighted by Crippen LogP contribution is 2.20. The molecule has 1 aromatic heterocycles. The number of rotatable bonds is 8. The normalized spacial score (nSPS) is 15.8. The smallest absolute Gasteiger partial charge is 0.254 e. The summed E-state index contributed by atoms with van der Waals surface area (Å²) in [5, 5.41) is 7.22. The van der Waals surface area contributed by atoms with E-state index in [4.69, 9.17) is 4.74 Å². The number of likely N-dealkylation sites (tertiary alicyclic amines) is 1. The van der Waals surface area contributed by atoms with Gasteiger partial charge in [-0.25, -0.2) is 0 Å². The van der Waals surface area contributed by atoms with Crippen molar-refractivity contribution in [3.8, 4) is 5.75 Å². The van der Waals surface area contributed by atoms with E-state index in [0.717, 1.165) is 56.9 Å². The van der Waals surface area contributed by atoms with Crippen molar-refractivity contribution >= 4 is 12.0 Å². The van der Waals surface area contributed by atoms with E-state index in [1.807, 2.05) is 25.1 Å². The summed E-state index contributed by atoms with van der Waals surface area (Å²) in [5.74, 6) is 1.42.